The van der Waals surface area contributed by atoms with Gasteiger partial charge in [-0.2, -0.15) is 0 Å². The Balaban J connectivity index is 2.15. The van der Waals surface area contributed by atoms with Gasteiger partial charge in [0.25, 0.3) is 0 Å². The van der Waals surface area contributed by atoms with Crippen LogP contribution in [-0.4, -0.2) is 10.1 Å². The average Bonchev–Trinajstić information content (AvgIpc) is 2.89. The number of ether oxygens (including phenoxy) is 1. The minimum atomic E-state index is -0.845. The summed E-state index contributed by atoms with van der Waals surface area (Å²) in [5, 5.41) is 11.1. The van der Waals surface area contributed by atoms with Gasteiger partial charge in [-0.1, -0.05) is 32.0 Å². The number of rotatable bonds is 6. The Morgan fingerprint density at radius 3 is 2.48 bits per heavy atom. The highest BCUT2D eigenvalue weighted by Gasteiger charge is 2.24. The van der Waals surface area contributed by atoms with E-state index in [1.807, 2.05) is 18.2 Å². The molecule has 1 aromatic carbocycles. The Bertz CT molecular complexity index is 599. The largest absolute Gasteiger partial charge is 0.486 e. The molecule has 0 atom stereocenters. The molecule has 0 aliphatic carbocycles. The third-order valence-corrected chi connectivity index (χ3v) is 4.72. The van der Waals surface area contributed by atoms with Crippen molar-refractivity contribution in [3.8, 4) is 5.75 Å². The van der Waals surface area contributed by atoms with Gasteiger partial charge in [0.2, 0.25) is 0 Å². The molecule has 114 valence electrons. The topological polar surface area (TPSA) is 42.4 Å². The van der Waals surface area contributed by atoms with Crippen LogP contribution in [0.5, 0.6) is 5.75 Å². The summed E-state index contributed by atoms with van der Waals surface area (Å²) in [5.41, 5.74) is 1.32. The van der Waals surface area contributed by atoms with Gasteiger partial charge in [0.15, 0.2) is 0 Å². The van der Waals surface area contributed by atoms with Crippen molar-refractivity contribution in [3.63, 3.8) is 0 Å². The SMILES string of the molecule is CCc1ccccc1OCc1nc(CC)c(C(C)(C)O)s1. The van der Waals surface area contributed by atoms with Crippen molar-refractivity contribution in [2.45, 2.75) is 52.7 Å². The summed E-state index contributed by atoms with van der Waals surface area (Å²) in [6.07, 6.45) is 1.77. The fourth-order valence-corrected chi connectivity index (χ4v) is 3.32. The molecule has 0 aliphatic heterocycles. The predicted molar refractivity (Wildman–Crippen MR) is 86.9 cm³/mol. The van der Waals surface area contributed by atoms with Crippen LogP contribution in [0.25, 0.3) is 0 Å². The number of aliphatic hydroxyl groups is 1. The van der Waals surface area contributed by atoms with Crippen molar-refractivity contribution in [3.05, 3.63) is 45.4 Å². The summed E-state index contributed by atoms with van der Waals surface area (Å²) in [6.45, 7) is 8.23. The summed E-state index contributed by atoms with van der Waals surface area (Å²) < 4.78 is 5.91. The second kappa shape index (κ2) is 6.58. The van der Waals surface area contributed by atoms with Crippen LogP contribution in [-0.2, 0) is 25.0 Å². The van der Waals surface area contributed by atoms with Gasteiger partial charge in [-0.15, -0.1) is 11.3 Å². The third kappa shape index (κ3) is 3.83. The quantitative estimate of drug-likeness (QED) is 0.874. The Kier molecular flexibility index (Phi) is 5.01. The Morgan fingerprint density at radius 1 is 1.19 bits per heavy atom. The monoisotopic (exact) mass is 305 g/mol. The number of hydrogen-bond donors (Lipinski definition) is 1. The van der Waals surface area contributed by atoms with Crippen LogP contribution < -0.4 is 4.74 Å². The Labute approximate surface area is 130 Å². The molecular weight excluding hydrogens is 282 g/mol. The van der Waals surface area contributed by atoms with Crippen molar-refractivity contribution < 1.29 is 9.84 Å². The third-order valence-electron chi connectivity index (χ3n) is 3.34. The van der Waals surface area contributed by atoms with E-state index in [-0.39, 0.29) is 0 Å². The minimum Gasteiger partial charge on any atom is -0.486 e. The van der Waals surface area contributed by atoms with Gasteiger partial charge in [0, 0.05) is 0 Å². The molecule has 0 saturated carbocycles. The number of benzene rings is 1. The van der Waals surface area contributed by atoms with E-state index >= 15 is 0 Å². The average molecular weight is 305 g/mol. The summed E-state index contributed by atoms with van der Waals surface area (Å²) in [6, 6.07) is 8.08. The maximum atomic E-state index is 10.2. The molecule has 0 spiro atoms. The van der Waals surface area contributed by atoms with Gasteiger partial charge in [-0.05, 0) is 38.3 Å². The number of hydrogen-bond acceptors (Lipinski definition) is 4. The number of aromatic nitrogens is 1. The van der Waals surface area contributed by atoms with E-state index in [0.717, 1.165) is 34.2 Å². The number of nitrogens with zero attached hydrogens (tertiary/aromatic N) is 1. The molecule has 0 radical (unpaired) electrons. The number of thiazole rings is 1. The molecule has 1 N–H and O–H groups in total. The molecule has 2 aromatic rings. The molecule has 0 bridgehead atoms. The van der Waals surface area contributed by atoms with Crippen molar-refractivity contribution in [2.24, 2.45) is 0 Å². The number of para-hydroxylation sites is 1. The number of aryl methyl sites for hydroxylation is 2. The molecule has 0 unspecified atom stereocenters. The lowest BCUT2D eigenvalue weighted by molar-refractivity contribution is 0.0814. The predicted octanol–water partition coefficient (Wildman–Crippen LogP) is 4.07. The standard InChI is InChI=1S/C17H23NO2S/c1-5-12-9-7-8-10-14(12)20-11-15-18-13(6-2)16(21-15)17(3,4)19/h7-10,19H,5-6,11H2,1-4H3. The molecule has 3 nitrogen and oxygen atoms in total. The molecule has 1 heterocycles. The van der Waals surface area contributed by atoms with Crippen LogP contribution >= 0.6 is 11.3 Å². The van der Waals surface area contributed by atoms with Crippen LogP contribution in [0.15, 0.2) is 24.3 Å². The molecule has 21 heavy (non-hydrogen) atoms. The molecule has 1 aromatic heterocycles. The summed E-state index contributed by atoms with van der Waals surface area (Å²) in [5.74, 6) is 0.915. The summed E-state index contributed by atoms with van der Waals surface area (Å²) in [7, 11) is 0. The minimum absolute atomic E-state index is 0.449. The zero-order valence-corrected chi connectivity index (χ0v) is 14.0. The van der Waals surface area contributed by atoms with Crippen molar-refractivity contribution >= 4 is 11.3 Å². The van der Waals surface area contributed by atoms with Crippen LogP contribution in [0.4, 0.5) is 0 Å². The molecule has 4 heteroatoms. The second-order valence-electron chi connectivity index (χ2n) is 5.55. The van der Waals surface area contributed by atoms with Gasteiger partial charge >= 0.3 is 0 Å². The van der Waals surface area contributed by atoms with Gasteiger partial charge in [-0.25, -0.2) is 4.98 Å². The first kappa shape index (κ1) is 16.0. The van der Waals surface area contributed by atoms with Crippen LogP contribution in [0.3, 0.4) is 0 Å². The van der Waals surface area contributed by atoms with Crippen molar-refractivity contribution in [2.75, 3.05) is 0 Å². The molecule has 0 amide bonds. The fraction of sp³-hybridized carbons (Fsp3) is 0.471. The van der Waals surface area contributed by atoms with E-state index < -0.39 is 5.60 Å². The Morgan fingerprint density at radius 2 is 1.90 bits per heavy atom. The van der Waals surface area contributed by atoms with Gasteiger partial charge in [0.05, 0.1) is 16.2 Å². The van der Waals surface area contributed by atoms with Crippen molar-refractivity contribution in [1.29, 1.82) is 0 Å². The first-order valence-corrected chi connectivity index (χ1v) is 8.19. The maximum absolute atomic E-state index is 10.2. The zero-order chi connectivity index (χ0) is 15.5. The smallest absolute Gasteiger partial charge is 0.140 e. The van der Waals surface area contributed by atoms with Crippen molar-refractivity contribution in [1.82, 2.24) is 4.98 Å². The van der Waals surface area contributed by atoms with E-state index in [0.29, 0.717) is 6.61 Å². The van der Waals surface area contributed by atoms with Gasteiger partial charge < -0.3 is 9.84 Å². The van der Waals surface area contributed by atoms with E-state index in [4.69, 9.17) is 4.74 Å². The molecular formula is C17H23NO2S. The van der Waals surface area contributed by atoms with Crippen LogP contribution in [0, 0.1) is 0 Å². The lowest BCUT2D eigenvalue weighted by Crippen LogP contribution is -2.15. The first-order valence-electron chi connectivity index (χ1n) is 7.37. The fourth-order valence-electron chi connectivity index (χ4n) is 2.26. The maximum Gasteiger partial charge on any atom is 0.140 e. The molecule has 0 saturated heterocycles. The molecule has 0 aliphatic rings. The second-order valence-corrected chi connectivity index (χ2v) is 6.63. The Hall–Kier alpha value is -1.39. The molecule has 0 fully saturated rings. The highest BCUT2D eigenvalue weighted by atomic mass is 32.1. The lowest BCUT2D eigenvalue weighted by atomic mass is 10.1. The highest BCUT2D eigenvalue weighted by molar-refractivity contribution is 7.11. The van der Waals surface area contributed by atoms with Crippen LogP contribution in [0.1, 0.15) is 48.8 Å². The van der Waals surface area contributed by atoms with E-state index in [1.54, 1.807) is 13.8 Å². The van der Waals surface area contributed by atoms with E-state index in [1.165, 1.54) is 16.9 Å². The zero-order valence-electron chi connectivity index (χ0n) is 13.1. The van der Waals surface area contributed by atoms with Crippen LogP contribution in [0.2, 0.25) is 0 Å². The summed E-state index contributed by atoms with van der Waals surface area (Å²) >= 11 is 1.54. The van der Waals surface area contributed by atoms with E-state index in [9.17, 15) is 5.11 Å². The normalized spacial score (nSPS) is 11.7. The van der Waals surface area contributed by atoms with Gasteiger partial charge in [-0.3, -0.25) is 0 Å². The first-order chi connectivity index (χ1) is 9.95. The summed E-state index contributed by atoms with van der Waals surface area (Å²) in [4.78, 5) is 5.54. The van der Waals surface area contributed by atoms with Gasteiger partial charge in [0.1, 0.15) is 17.4 Å². The van der Waals surface area contributed by atoms with E-state index in [2.05, 4.69) is 24.9 Å². The highest BCUT2D eigenvalue weighted by Crippen LogP contribution is 2.31. The molecule has 2 rings (SSSR count). The lowest BCUT2D eigenvalue weighted by Gasteiger charge is -2.15.